The van der Waals surface area contributed by atoms with E-state index in [9.17, 15) is 0 Å². The highest BCUT2D eigenvalue weighted by molar-refractivity contribution is 9.09. The van der Waals surface area contributed by atoms with E-state index in [0.717, 1.165) is 24.2 Å². The Morgan fingerprint density at radius 3 is 1.45 bits per heavy atom. The first-order valence-corrected chi connectivity index (χ1v) is 19.3. The lowest BCUT2D eigenvalue weighted by Gasteiger charge is -2.47. The van der Waals surface area contributed by atoms with Crippen molar-refractivity contribution in [3.63, 3.8) is 0 Å². The van der Waals surface area contributed by atoms with Crippen LogP contribution in [0.15, 0.2) is 0 Å². The molecule has 1 fully saturated rings. The van der Waals surface area contributed by atoms with Crippen LogP contribution in [0, 0.1) is 0 Å². The van der Waals surface area contributed by atoms with E-state index in [2.05, 4.69) is 61.8 Å². The van der Waals surface area contributed by atoms with Gasteiger partial charge in [-0.3, -0.25) is 0 Å². The molecule has 9 heteroatoms. The van der Waals surface area contributed by atoms with Gasteiger partial charge in [-0.05, 0) is 58.3 Å². The fourth-order valence-electron chi connectivity index (χ4n) is 2.95. The molecule has 1 saturated heterocycles. The van der Waals surface area contributed by atoms with Crippen LogP contribution < -0.4 is 0 Å². The summed E-state index contributed by atoms with van der Waals surface area (Å²) in [5, 5.41) is 1.03. The SMILES string of the molecule is C[Si]1(C)O[Si](C)(C)O[Si](C)(CCCCBr)O[Si](C)(C)O1. The minimum atomic E-state index is -2.21. The topological polar surface area (TPSA) is 36.9 Å². The first-order valence-electron chi connectivity index (χ1n) is 7.25. The van der Waals surface area contributed by atoms with Gasteiger partial charge in [-0.15, -0.1) is 0 Å². The molecule has 1 heterocycles. The zero-order valence-electron chi connectivity index (χ0n) is 13.8. The van der Waals surface area contributed by atoms with E-state index < -0.39 is 34.2 Å². The first kappa shape index (κ1) is 19.2. The van der Waals surface area contributed by atoms with Gasteiger partial charge in [0, 0.05) is 5.33 Å². The third-order valence-corrected chi connectivity index (χ3v) is 20.0. The van der Waals surface area contributed by atoms with Crippen LogP contribution in [0.25, 0.3) is 0 Å². The van der Waals surface area contributed by atoms with Crippen LogP contribution in [0.5, 0.6) is 0 Å². The van der Waals surface area contributed by atoms with Gasteiger partial charge in [0.25, 0.3) is 0 Å². The molecule has 4 nitrogen and oxygen atoms in total. The van der Waals surface area contributed by atoms with E-state index in [-0.39, 0.29) is 0 Å². The van der Waals surface area contributed by atoms with Crippen LogP contribution in [-0.4, -0.2) is 39.6 Å². The first-order chi connectivity index (χ1) is 8.89. The second-order valence-corrected chi connectivity index (χ2v) is 22.1. The van der Waals surface area contributed by atoms with Crippen molar-refractivity contribution in [2.75, 3.05) is 5.33 Å². The molecular weight excluding hydrogens is 388 g/mol. The van der Waals surface area contributed by atoms with Crippen LogP contribution >= 0.6 is 15.9 Å². The molecule has 0 spiro atoms. The van der Waals surface area contributed by atoms with Crippen LogP contribution in [0.1, 0.15) is 12.8 Å². The molecule has 1 aliphatic heterocycles. The van der Waals surface area contributed by atoms with Crippen molar-refractivity contribution >= 4 is 50.2 Å². The average molecular weight is 418 g/mol. The summed E-state index contributed by atoms with van der Waals surface area (Å²) in [6.07, 6.45) is 2.28. The van der Waals surface area contributed by atoms with Gasteiger partial charge in [-0.2, -0.15) is 0 Å². The van der Waals surface area contributed by atoms with Crippen molar-refractivity contribution in [1.29, 1.82) is 0 Å². The summed E-state index contributed by atoms with van der Waals surface area (Å²) in [6.45, 7) is 14.8. The number of alkyl halides is 1. The van der Waals surface area contributed by atoms with Crippen molar-refractivity contribution in [2.24, 2.45) is 0 Å². The molecule has 0 unspecified atom stereocenters. The van der Waals surface area contributed by atoms with Crippen LogP contribution in [0.4, 0.5) is 0 Å². The molecule has 0 amide bonds. The standard InChI is InChI=1S/C11H29BrO4Si4/c1-17(2)13-18(3,4)15-20(7,11-9-8-10-12)16-19(5,6)14-17/h8-11H2,1-7H3. The lowest BCUT2D eigenvalue weighted by molar-refractivity contribution is 0.233. The van der Waals surface area contributed by atoms with Crippen molar-refractivity contribution in [2.45, 2.75) is 64.7 Å². The van der Waals surface area contributed by atoms with Crippen molar-refractivity contribution in [3.05, 3.63) is 0 Å². The van der Waals surface area contributed by atoms with Gasteiger partial charge in [0.15, 0.2) is 0 Å². The number of halogens is 1. The van der Waals surface area contributed by atoms with Crippen molar-refractivity contribution in [3.8, 4) is 0 Å². The molecule has 0 N–H and O–H groups in total. The Morgan fingerprint density at radius 2 is 1.05 bits per heavy atom. The van der Waals surface area contributed by atoms with E-state index >= 15 is 0 Å². The maximum atomic E-state index is 6.49. The molecule has 0 bridgehead atoms. The summed E-state index contributed by atoms with van der Waals surface area (Å²) in [7, 11) is -8.74. The molecule has 1 aliphatic rings. The van der Waals surface area contributed by atoms with Crippen LogP contribution in [0.3, 0.4) is 0 Å². The van der Waals surface area contributed by atoms with E-state index in [4.69, 9.17) is 16.5 Å². The Labute approximate surface area is 136 Å². The van der Waals surface area contributed by atoms with Crippen molar-refractivity contribution in [1.82, 2.24) is 0 Å². The van der Waals surface area contributed by atoms with E-state index in [0.29, 0.717) is 0 Å². The maximum Gasteiger partial charge on any atom is 0.317 e. The van der Waals surface area contributed by atoms with E-state index in [1.807, 2.05) is 0 Å². The highest BCUT2D eigenvalue weighted by Gasteiger charge is 2.51. The van der Waals surface area contributed by atoms with E-state index in [1.54, 1.807) is 0 Å². The Balaban J connectivity index is 2.90. The van der Waals surface area contributed by atoms with Crippen molar-refractivity contribution < 1.29 is 16.5 Å². The van der Waals surface area contributed by atoms with Crippen LogP contribution in [0.2, 0.25) is 51.9 Å². The molecule has 0 aromatic rings. The zero-order valence-corrected chi connectivity index (χ0v) is 19.4. The van der Waals surface area contributed by atoms with Gasteiger partial charge < -0.3 is 16.5 Å². The predicted molar refractivity (Wildman–Crippen MR) is 96.2 cm³/mol. The fourth-order valence-corrected chi connectivity index (χ4v) is 25.0. The third-order valence-electron chi connectivity index (χ3n) is 2.92. The Bertz CT molecular complexity index is 316. The average Bonchev–Trinajstić information content (AvgIpc) is 2.08. The summed E-state index contributed by atoms with van der Waals surface area (Å²) < 4.78 is 25.6. The number of rotatable bonds is 4. The van der Waals surface area contributed by atoms with Gasteiger partial charge in [0.1, 0.15) is 0 Å². The largest absolute Gasteiger partial charge is 0.416 e. The summed E-state index contributed by atoms with van der Waals surface area (Å²) in [5.74, 6) is 0. The molecule has 120 valence electrons. The lowest BCUT2D eigenvalue weighted by Crippen LogP contribution is -2.65. The van der Waals surface area contributed by atoms with E-state index in [1.165, 1.54) is 0 Å². The molecule has 0 aromatic carbocycles. The minimum Gasteiger partial charge on any atom is -0.416 e. The monoisotopic (exact) mass is 416 g/mol. The number of hydrogen-bond acceptors (Lipinski definition) is 4. The number of hydrogen-bond donors (Lipinski definition) is 0. The molecular formula is C11H29BrO4Si4. The molecule has 20 heavy (non-hydrogen) atoms. The van der Waals surface area contributed by atoms with Gasteiger partial charge in [-0.1, -0.05) is 22.4 Å². The summed E-state index contributed by atoms with van der Waals surface area (Å²) in [4.78, 5) is 0. The molecule has 0 saturated carbocycles. The Morgan fingerprint density at radius 1 is 0.650 bits per heavy atom. The minimum absolute atomic E-state index is 1.01. The quantitative estimate of drug-likeness (QED) is 0.385. The summed E-state index contributed by atoms with van der Waals surface area (Å²) in [5.41, 5.74) is 0. The Kier molecular flexibility index (Phi) is 6.49. The normalized spacial score (nSPS) is 27.6. The highest BCUT2D eigenvalue weighted by Crippen LogP contribution is 2.33. The second-order valence-electron chi connectivity index (χ2n) is 6.89. The smallest absolute Gasteiger partial charge is 0.317 e. The fraction of sp³-hybridized carbons (Fsp3) is 1.00. The lowest BCUT2D eigenvalue weighted by atomic mass is 10.4. The number of unbranched alkanes of at least 4 members (excludes halogenated alkanes) is 1. The molecule has 1 rings (SSSR count). The molecule has 0 aliphatic carbocycles. The van der Waals surface area contributed by atoms with Gasteiger partial charge >= 0.3 is 34.2 Å². The maximum absolute atomic E-state index is 6.49. The van der Waals surface area contributed by atoms with Gasteiger partial charge in [-0.25, -0.2) is 0 Å². The second kappa shape index (κ2) is 6.75. The predicted octanol–water partition coefficient (Wildman–Crippen LogP) is 4.42. The third kappa shape index (κ3) is 6.53. The zero-order chi connectivity index (χ0) is 15.7. The molecule has 0 atom stereocenters. The summed E-state index contributed by atoms with van der Waals surface area (Å²) in [6, 6.07) is 1.01. The summed E-state index contributed by atoms with van der Waals surface area (Å²) >= 11 is 3.49. The van der Waals surface area contributed by atoms with Gasteiger partial charge in [0.2, 0.25) is 0 Å². The van der Waals surface area contributed by atoms with Gasteiger partial charge in [0.05, 0.1) is 0 Å². The highest BCUT2D eigenvalue weighted by atomic mass is 79.9. The molecule has 0 aromatic heterocycles. The Hall–Kier alpha value is 1.19. The van der Waals surface area contributed by atoms with Crippen LogP contribution in [-0.2, 0) is 16.5 Å². The molecule has 0 radical (unpaired) electrons.